The molecule has 0 bridgehead atoms. The first-order chi connectivity index (χ1) is 8.83. The molecule has 1 aromatic carbocycles. The lowest BCUT2D eigenvalue weighted by Crippen LogP contribution is -2.22. The van der Waals surface area contributed by atoms with E-state index in [1.54, 1.807) is 51.1 Å². The third-order valence-electron chi connectivity index (χ3n) is 2.17. The van der Waals surface area contributed by atoms with Crippen molar-refractivity contribution in [2.75, 3.05) is 7.11 Å². The Labute approximate surface area is 113 Å². The highest BCUT2D eigenvalue weighted by atomic mass is 16.6. The number of rotatable bonds is 3. The number of methoxy groups -OCH3 is 1. The van der Waals surface area contributed by atoms with Crippen LogP contribution in [0.2, 0.25) is 0 Å². The first kappa shape index (κ1) is 15.0. The second kappa shape index (κ2) is 6.18. The van der Waals surface area contributed by atoms with Crippen molar-refractivity contribution in [2.45, 2.75) is 26.4 Å². The molecule has 4 nitrogen and oxygen atoms in total. The highest BCUT2D eigenvalue weighted by molar-refractivity contribution is 5.95. The molecule has 0 heterocycles. The van der Waals surface area contributed by atoms with Gasteiger partial charge in [-0.15, -0.1) is 0 Å². The van der Waals surface area contributed by atoms with Crippen LogP contribution in [0.15, 0.2) is 30.3 Å². The molecule has 0 aromatic heterocycles. The summed E-state index contributed by atoms with van der Waals surface area (Å²) in [4.78, 5) is 23.1. The summed E-state index contributed by atoms with van der Waals surface area (Å²) in [5.41, 5.74) is 0.480. The van der Waals surface area contributed by atoms with E-state index in [0.717, 1.165) is 0 Å². The molecule has 19 heavy (non-hydrogen) atoms. The van der Waals surface area contributed by atoms with Crippen molar-refractivity contribution in [3.63, 3.8) is 0 Å². The lowest BCUT2D eigenvalue weighted by atomic mass is 10.1. The minimum Gasteiger partial charge on any atom is -0.465 e. The van der Waals surface area contributed by atoms with Gasteiger partial charge in [0.1, 0.15) is 5.60 Å². The van der Waals surface area contributed by atoms with Crippen LogP contribution < -0.4 is 0 Å². The van der Waals surface area contributed by atoms with Crippen LogP contribution in [-0.2, 0) is 14.3 Å². The van der Waals surface area contributed by atoms with E-state index >= 15 is 0 Å². The van der Waals surface area contributed by atoms with Crippen LogP contribution in [0.5, 0.6) is 0 Å². The summed E-state index contributed by atoms with van der Waals surface area (Å²) in [6.45, 7) is 5.38. The van der Waals surface area contributed by atoms with Gasteiger partial charge >= 0.3 is 11.9 Å². The van der Waals surface area contributed by atoms with E-state index in [-0.39, 0.29) is 0 Å². The van der Waals surface area contributed by atoms with E-state index in [9.17, 15) is 9.59 Å². The van der Waals surface area contributed by atoms with Crippen LogP contribution in [0, 0.1) is 0 Å². The number of carbonyl (C=O) groups is 2. The summed E-state index contributed by atoms with van der Waals surface area (Å²) in [7, 11) is 1.32. The zero-order valence-corrected chi connectivity index (χ0v) is 11.6. The fourth-order valence-corrected chi connectivity index (χ4v) is 1.43. The third-order valence-corrected chi connectivity index (χ3v) is 2.17. The van der Waals surface area contributed by atoms with Gasteiger partial charge in [-0.3, -0.25) is 0 Å². The van der Waals surface area contributed by atoms with E-state index in [1.165, 1.54) is 13.2 Å². The molecular weight excluding hydrogens is 244 g/mol. The molecule has 0 amide bonds. The molecule has 0 fully saturated rings. The number of carbonyl (C=O) groups excluding carboxylic acids is 2. The molecule has 0 N–H and O–H groups in total. The first-order valence-electron chi connectivity index (χ1n) is 5.92. The largest absolute Gasteiger partial charge is 0.465 e. The Morgan fingerprint density at radius 2 is 1.79 bits per heavy atom. The highest BCUT2D eigenvalue weighted by Gasteiger charge is 2.14. The molecule has 0 aliphatic carbocycles. The molecule has 4 heteroatoms. The molecular formula is C15H18O4. The van der Waals surface area contributed by atoms with Crippen LogP contribution in [0.3, 0.4) is 0 Å². The summed E-state index contributed by atoms with van der Waals surface area (Å²) in [5, 5.41) is 0. The van der Waals surface area contributed by atoms with Gasteiger partial charge in [0, 0.05) is 6.08 Å². The van der Waals surface area contributed by atoms with Gasteiger partial charge in [0.2, 0.25) is 0 Å². The number of hydrogen-bond donors (Lipinski definition) is 0. The van der Waals surface area contributed by atoms with Gasteiger partial charge in [-0.05, 0) is 38.5 Å². The Morgan fingerprint density at radius 3 is 2.37 bits per heavy atom. The summed E-state index contributed by atoms with van der Waals surface area (Å²) in [5.74, 6) is -0.892. The van der Waals surface area contributed by atoms with E-state index in [4.69, 9.17) is 4.74 Å². The standard InChI is InChI=1S/C15H18O4/c1-15(2,3)19-13(16)10-9-11-7-5-6-8-12(11)14(17)18-4/h5-10H,1-4H3/b10-9+. The van der Waals surface area contributed by atoms with Crippen LogP contribution >= 0.6 is 0 Å². The van der Waals surface area contributed by atoms with E-state index in [1.807, 2.05) is 0 Å². The molecule has 0 unspecified atom stereocenters. The second-order valence-electron chi connectivity index (χ2n) is 4.95. The summed E-state index contributed by atoms with van der Waals surface area (Å²) < 4.78 is 9.82. The predicted molar refractivity (Wildman–Crippen MR) is 72.7 cm³/mol. The number of benzene rings is 1. The number of esters is 2. The monoisotopic (exact) mass is 262 g/mol. The minimum atomic E-state index is -0.538. The van der Waals surface area contributed by atoms with Gasteiger partial charge in [0.25, 0.3) is 0 Å². The normalized spacial score (nSPS) is 11.4. The SMILES string of the molecule is COC(=O)c1ccccc1/C=C/C(=O)OC(C)(C)C. The highest BCUT2D eigenvalue weighted by Crippen LogP contribution is 2.13. The molecule has 1 aromatic rings. The Hall–Kier alpha value is -2.10. The van der Waals surface area contributed by atoms with Gasteiger partial charge in [-0.2, -0.15) is 0 Å². The summed E-state index contributed by atoms with van der Waals surface area (Å²) in [6.07, 6.45) is 2.84. The molecule has 102 valence electrons. The number of ether oxygens (including phenoxy) is 2. The zero-order chi connectivity index (χ0) is 14.5. The van der Waals surface area contributed by atoms with Crippen molar-refractivity contribution in [1.82, 2.24) is 0 Å². The predicted octanol–water partition coefficient (Wildman–Crippen LogP) is 2.83. The van der Waals surface area contributed by atoms with Crippen molar-refractivity contribution < 1.29 is 19.1 Å². The van der Waals surface area contributed by atoms with Crippen LogP contribution in [-0.4, -0.2) is 24.6 Å². The average molecular weight is 262 g/mol. The number of hydrogen-bond acceptors (Lipinski definition) is 4. The van der Waals surface area contributed by atoms with E-state index in [2.05, 4.69) is 4.74 Å². The minimum absolute atomic E-state index is 0.407. The lowest BCUT2D eigenvalue weighted by Gasteiger charge is -2.17. The fourth-order valence-electron chi connectivity index (χ4n) is 1.43. The second-order valence-corrected chi connectivity index (χ2v) is 4.95. The van der Waals surface area contributed by atoms with Crippen LogP contribution in [0.25, 0.3) is 6.08 Å². The molecule has 0 radical (unpaired) electrons. The maximum atomic E-state index is 11.6. The van der Waals surface area contributed by atoms with Gasteiger partial charge in [0.15, 0.2) is 0 Å². The summed E-state index contributed by atoms with van der Waals surface area (Å²) >= 11 is 0. The van der Waals surface area contributed by atoms with Gasteiger partial charge < -0.3 is 9.47 Å². The Balaban J connectivity index is 2.88. The van der Waals surface area contributed by atoms with Crippen LogP contribution in [0.1, 0.15) is 36.7 Å². The fraction of sp³-hybridized carbons (Fsp3) is 0.333. The summed E-state index contributed by atoms with van der Waals surface area (Å²) in [6, 6.07) is 6.88. The van der Waals surface area contributed by atoms with Gasteiger partial charge in [0.05, 0.1) is 12.7 Å². The van der Waals surface area contributed by atoms with Crippen molar-refractivity contribution >= 4 is 18.0 Å². The smallest absolute Gasteiger partial charge is 0.338 e. The molecule has 0 spiro atoms. The zero-order valence-electron chi connectivity index (χ0n) is 11.6. The van der Waals surface area contributed by atoms with E-state index < -0.39 is 17.5 Å². The molecule has 0 saturated heterocycles. The van der Waals surface area contributed by atoms with E-state index in [0.29, 0.717) is 11.1 Å². The molecule has 0 saturated carbocycles. The van der Waals surface area contributed by atoms with Crippen molar-refractivity contribution in [3.05, 3.63) is 41.5 Å². The Kier molecular flexibility index (Phi) is 4.87. The average Bonchev–Trinajstić information content (AvgIpc) is 2.33. The molecule has 0 atom stereocenters. The lowest BCUT2D eigenvalue weighted by molar-refractivity contribution is -0.148. The third kappa shape index (κ3) is 4.95. The molecule has 1 rings (SSSR count). The van der Waals surface area contributed by atoms with Gasteiger partial charge in [-0.25, -0.2) is 9.59 Å². The van der Waals surface area contributed by atoms with Crippen molar-refractivity contribution in [2.24, 2.45) is 0 Å². The first-order valence-corrected chi connectivity index (χ1v) is 5.92. The van der Waals surface area contributed by atoms with Gasteiger partial charge in [-0.1, -0.05) is 18.2 Å². The van der Waals surface area contributed by atoms with Crippen LogP contribution in [0.4, 0.5) is 0 Å². The Morgan fingerprint density at radius 1 is 1.16 bits per heavy atom. The maximum absolute atomic E-state index is 11.6. The maximum Gasteiger partial charge on any atom is 0.338 e. The van der Waals surface area contributed by atoms with Crippen molar-refractivity contribution in [1.29, 1.82) is 0 Å². The topological polar surface area (TPSA) is 52.6 Å². The Bertz CT molecular complexity index is 495. The quantitative estimate of drug-likeness (QED) is 0.621. The molecule has 0 aliphatic heterocycles. The van der Waals surface area contributed by atoms with Crippen molar-refractivity contribution in [3.8, 4) is 0 Å². The molecule has 0 aliphatic rings.